The van der Waals surface area contributed by atoms with Crippen LogP contribution in [-0.4, -0.2) is 172 Å². The first-order valence-electron chi connectivity index (χ1n) is 18.1. The van der Waals surface area contributed by atoms with Crippen molar-refractivity contribution in [1.29, 1.82) is 0 Å². The van der Waals surface area contributed by atoms with Crippen molar-refractivity contribution >= 4 is 21.6 Å². The van der Waals surface area contributed by atoms with Crippen molar-refractivity contribution in [3.63, 3.8) is 0 Å². The summed E-state index contributed by atoms with van der Waals surface area (Å²) in [6, 6.07) is 0.257. The Labute approximate surface area is 303 Å². The molecular formula is C32H58F6N8O3S2. The molecule has 2 saturated carbocycles. The highest BCUT2D eigenvalue weighted by Gasteiger charge is 2.62. The molecule has 5 fully saturated rings. The van der Waals surface area contributed by atoms with Crippen molar-refractivity contribution in [1.82, 2.24) is 41.5 Å². The molecule has 3 saturated heterocycles. The molecule has 298 valence electrons. The van der Waals surface area contributed by atoms with E-state index in [4.69, 9.17) is 4.74 Å². The van der Waals surface area contributed by atoms with E-state index in [1.165, 1.54) is 11.8 Å². The zero-order valence-electron chi connectivity index (χ0n) is 30.4. The minimum absolute atomic E-state index is 0.00268. The van der Waals surface area contributed by atoms with E-state index < -0.39 is 80.0 Å². The zero-order chi connectivity index (χ0) is 37.4. The number of alkyl halides is 6. The van der Waals surface area contributed by atoms with Gasteiger partial charge in [0.2, 0.25) is 0 Å². The van der Waals surface area contributed by atoms with Gasteiger partial charge in [0.05, 0.1) is 28.5 Å². The second-order valence-corrected chi connectivity index (χ2v) is 19.8. The monoisotopic (exact) mass is 780 g/mol. The molecule has 5 rings (SSSR count). The third kappa shape index (κ3) is 8.99. The van der Waals surface area contributed by atoms with Crippen molar-refractivity contribution in [2.24, 2.45) is 5.92 Å². The van der Waals surface area contributed by atoms with Gasteiger partial charge in [-0.3, -0.25) is 31.2 Å². The number of nitrogens with one attached hydrogen (secondary N) is 5. The summed E-state index contributed by atoms with van der Waals surface area (Å²) >= 11 is 1.33. The number of methoxy groups -OCH3 is 1. The molecule has 2 aliphatic carbocycles. The van der Waals surface area contributed by atoms with E-state index in [1.807, 2.05) is 0 Å². The van der Waals surface area contributed by atoms with E-state index in [-0.39, 0.29) is 43.5 Å². The van der Waals surface area contributed by atoms with Crippen LogP contribution in [0, 0.1) is 5.92 Å². The Kier molecular flexibility index (Phi) is 14.0. The summed E-state index contributed by atoms with van der Waals surface area (Å²) in [5.41, 5.74) is 6.04. The maximum absolute atomic E-state index is 16.0. The third-order valence-electron chi connectivity index (χ3n) is 11.6. The number of hydrogen-bond acceptors (Lipinski definition) is 12. The molecule has 5 N–H and O–H groups in total. The molecule has 0 bridgehead atoms. The molecular weight excluding hydrogens is 723 g/mol. The summed E-state index contributed by atoms with van der Waals surface area (Å²) in [4.78, 5) is 6.94. The number of hydrazine groups is 1. The highest BCUT2D eigenvalue weighted by Crippen LogP contribution is 2.47. The second-order valence-electron chi connectivity index (χ2n) is 15.7. The number of rotatable bonds is 12. The van der Waals surface area contributed by atoms with E-state index in [1.54, 1.807) is 7.11 Å². The van der Waals surface area contributed by atoms with Gasteiger partial charge < -0.3 is 9.64 Å². The van der Waals surface area contributed by atoms with Gasteiger partial charge in [-0.2, -0.15) is 0 Å². The molecule has 3 aliphatic heterocycles. The molecule has 0 spiro atoms. The minimum atomic E-state index is -4.52. The van der Waals surface area contributed by atoms with Gasteiger partial charge in [-0.1, -0.05) is 0 Å². The van der Waals surface area contributed by atoms with Crippen LogP contribution >= 0.6 is 11.8 Å². The largest absolute Gasteiger partial charge is 0.375 e. The van der Waals surface area contributed by atoms with Gasteiger partial charge in [-0.25, -0.2) is 40.2 Å². The van der Waals surface area contributed by atoms with Crippen molar-refractivity contribution in [3.05, 3.63) is 0 Å². The SMILES string of the molecule is COC1C(NC2CC(C)NN2)NC(SC2CCC(S(=O)(=O)C(C)(C)C3C(F)C(F)C(F)C(F)C3F)CC2F)NC1N1CCN(CCN(C)C)CC1. The Morgan fingerprint density at radius 3 is 2.08 bits per heavy atom. The van der Waals surface area contributed by atoms with Crippen LogP contribution in [0.1, 0.15) is 46.5 Å². The molecule has 3 heterocycles. The first kappa shape index (κ1) is 41.7. The molecule has 19 heteroatoms. The summed E-state index contributed by atoms with van der Waals surface area (Å²) in [5.74, 6) is -2.28. The number of piperazine rings is 1. The molecule has 11 nitrogen and oxygen atoms in total. The number of hydrogen-bond donors (Lipinski definition) is 5. The summed E-state index contributed by atoms with van der Waals surface area (Å²) in [6.07, 6.45) is -16.7. The number of likely N-dealkylation sites (N-methyl/N-ethyl adjacent to an activating group) is 1. The molecule has 0 aromatic carbocycles. The third-order valence-corrected chi connectivity index (χ3v) is 16.0. The molecule has 5 aliphatic rings. The molecule has 0 aromatic heterocycles. The average molecular weight is 781 g/mol. The van der Waals surface area contributed by atoms with E-state index in [0.29, 0.717) is 0 Å². The molecule has 0 aromatic rings. The quantitative estimate of drug-likeness (QED) is 0.186. The van der Waals surface area contributed by atoms with Gasteiger partial charge in [0.15, 0.2) is 28.4 Å². The minimum Gasteiger partial charge on any atom is -0.375 e. The van der Waals surface area contributed by atoms with Crippen LogP contribution < -0.4 is 26.8 Å². The van der Waals surface area contributed by atoms with Gasteiger partial charge in [-0.15, -0.1) is 11.8 Å². The Morgan fingerprint density at radius 2 is 1.53 bits per heavy atom. The number of halogens is 6. The van der Waals surface area contributed by atoms with Crippen LogP contribution in [0.2, 0.25) is 0 Å². The Balaban J connectivity index is 1.26. The van der Waals surface area contributed by atoms with Crippen molar-refractivity contribution < 1.29 is 39.5 Å². The number of thioether (sulfide) groups is 1. The van der Waals surface area contributed by atoms with Gasteiger partial charge in [0, 0.05) is 63.6 Å². The van der Waals surface area contributed by atoms with Crippen LogP contribution in [0.3, 0.4) is 0 Å². The lowest BCUT2D eigenvalue weighted by atomic mass is 9.75. The second kappa shape index (κ2) is 17.1. The maximum atomic E-state index is 16.0. The van der Waals surface area contributed by atoms with E-state index in [2.05, 4.69) is 62.5 Å². The predicted octanol–water partition coefficient (Wildman–Crippen LogP) is 1.62. The van der Waals surface area contributed by atoms with Crippen molar-refractivity contribution in [2.45, 2.75) is 135 Å². The van der Waals surface area contributed by atoms with Crippen LogP contribution in [0.4, 0.5) is 26.3 Å². The summed E-state index contributed by atoms with van der Waals surface area (Å²) < 4.78 is 120. The van der Waals surface area contributed by atoms with Gasteiger partial charge in [-0.05, 0) is 60.5 Å². The highest BCUT2D eigenvalue weighted by atomic mass is 32.2. The van der Waals surface area contributed by atoms with Gasteiger partial charge in [0.1, 0.15) is 30.1 Å². The molecule has 0 amide bonds. The molecule has 51 heavy (non-hydrogen) atoms. The van der Waals surface area contributed by atoms with Crippen molar-refractivity contribution in [3.8, 4) is 0 Å². The average Bonchev–Trinajstić information content (AvgIpc) is 3.50. The summed E-state index contributed by atoms with van der Waals surface area (Å²) in [7, 11) is 1.25. The lowest BCUT2D eigenvalue weighted by Crippen LogP contribution is -2.75. The fourth-order valence-electron chi connectivity index (χ4n) is 8.33. The zero-order valence-corrected chi connectivity index (χ0v) is 32.0. The van der Waals surface area contributed by atoms with Crippen LogP contribution in [0.15, 0.2) is 0 Å². The summed E-state index contributed by atoms with van der Waals surface area (Å²) in [5, 5.41) is 8.85. The number of ether oxygens (including phenoxy) is 1. The molecule has 13 unspecified atom stereocenters. The topological polar surface area (TPSA) is 113 Å². The lowest BCUT2D eigenvalue weighted by molar-refractivity contribution is -0.0967. The normalized spacial score (nSPS) is 43.9. The van der Waals surface area contributed by atoms with E-state index in [0.717, 1.165) is 59.5 Å². The fourth-order valence-corrected chi connectivity index (χ4v) is 12.1. The molecule has 13 atom stereocenters. The number of sulfone groups is 1. The summed E-state index contributed by atoms with van der Waals surface area (Å²) in [6.45, 7) is 9.40. The van der Waals surface area contributed by atoms with E-state index >= 15 is 4.39 Å². The van der Waals surface area contributed by atoms with Gasteiger partial charge >= 0.3 is 0 Å². The standard InChI is InChI=1S/C32H58F6N8O3S2/c1-17-15-21(43-42-17)39-29-28(49-6)30(46-13-11-45(12-14-46)10-9-44(4)5)41-31(40-29)50-20-8-7-18(16-19(20)33)51(47,48)32(2,3)22-23(34)25(36)27(38)26(37)24(22)35/h17-31,39-43H,7-16H2,1-6H3. The van der Waals surface area contributed by atoms with Crippen LogP contribution in [0.25, 0.3) is 0 Å². The lowest BCUT2D eigenvalue weighted by Gasteiger charge is -2.50. The van der Waals surface area contributed by atoms with Crippen LogP contribution in [-0.2, 0) is 14.6 Å². The number of nitrogens with zero attached hydrogens (tertiary/aromatic N) is 3. The Morgan fingerprint density at radius 1 is 0.902 bits per heavy atom. The Bertz CT molecular complexity index is 1230. The first-order chi connectivity index (χ1) is 24.0. The Hall–Kier alpha value is -0.480. The first-order valence-corrected chi connectivity index (χ1v) is 20.6. The smallest absolute Gasteiger partial charge is 0.168 e. The van der Waals surface area contributed by atoms with Crippen LogP contribution in [0.5, 0.6) is 0 Å². The predicted molar refractivity (Wildman–Crippen MR) is 187 cm³/mol. The van der Waals surface area contributed by atoms with Crippen molar-refractivity contribution in [2.75, 3.05) is 60.5 Å². The van der Waals surface area contributed by atoms with Gasteiger partial charge in [0.25, 0.3) is 0 Å². The van der Waals surface area contributed by atoms with E-state index in [9.17, 15) is 30.4 Å². The maximum Gasteiger partial charge on any atom is 0.168 e. The fraction of sp³-hybridized carbons (Fsp3) is 1.00. The highest BCUT2D eigenvalue weighted by molar-refractivity contribution is 8.00. The molecule has 0 radical (unpaired) electrons.